The standard InChI is InChI=1S/C10H18N2O3.ClH/c1-3-12-6-5-11-8(10(12)14)7-9(13)15-4-2;/h8,11H,3-7H2,1-2H3;1H. The van der Waals surface area contributed by atoms with Gasteiger partial charge in [-0.15, -0.1) is 12.4 Å². The van der Waals surface area contributed by atoms with E-state index >= 15 is 0 Å². The lowest BCUT2D eigenvalue weighted by molar-refractivity contribution is -0.148. The van der Waals surface area contributed by atoms with Gasteiger partial charge in [0.15, 0.2) is 0 Å². The summed E-state index contributed by atoms with van der Waals surface area (Å²) >= 11 is 0. The van der Waals surface area contributed by atoms with Crippen LogP contribution in [0, 0.1) is 0 Å². The van der Waals surface area contributed by atoms with E-state index < -0.39 is 6.04 Å². The summed E-state index contributed by atoms with van der Waals surface area (Å²) in [5, 5.41) is 3.03. The molecule has 0 saturated carbocycles. The maximum absolute atomic E-state index is 11.8. The molecule has 0 aliphatic carbocycles. The van der Waals surface area contributed by atoms with Crippen LogP contribution < -0.4 is 5.32 Å². The van der Waals surface area contributed by atoms with Crippen molar-refractivity contribution in [1.29, 1.82) is 0 Å². The SMILES string of the molecule is CCOC(=O)CC1NCCN(CC)C1=O.Cl. The first kappa shape index (κ1) is 15.2. The second-order valence-corrected chi connectivity index (χ2v) is 3.43. The molecule has 1 fully saturated rings. The Morgan fingerprint density at radius 1 is 1.56 bits per heavy atom. The number of likely N-dealkylation sites (N-methyl/N-ethyl adjacent to an activating group) is 1. The molecule has 0 aromatic heterocycles. The van der Waals surface area contributed by atoms with Crippen molar-refractivity contribution in [3.8, 4) is 0 Å². The van der Waals surface area contributed by atoms with Crippen LogP contribution in [0.25, 0.3) is 0 Å². The number of carbonyl (C=O) groups excluding carboxylic acids is 2. The van der Waals surface area contributed by atoms with Gasteiger partial charge in [0.1, 0.15) is 0 Å². The molecule has 0 radical (unpaired) electrons. The average molecular weight is 251 g/mol. The van der Waals surface area contributed by atoms with E-state index in [9.17, 15) is 9.59 Å². The molecule has 0 spiro atoms. The Morgan fingerprint density at radius 2 is 2.25 bits per heavy atom. The molecule has 1 aliphatic rings. The third kappa shape index (κ3) is 3.98. The Balaban J connectivity index is 0.00000225. The summed E-state index contributed by atoms with van der Waals surface area (Å²) in [4.78, 5) is 24.7. The minimum Gasteiger partial charge on any atom is -0.466 e. The first-order chi connectivity index (χ1) is 7.19. The number of esters is 1. The van der Waals surface area contributed by atoms with E-state index in [-0.39, 0.29) is 30.7 Å². The predicted molar refractivity (Wildman–Crippen MR) is 62.5 cm³/mol. The number of carbonyl (C=O) groups is 2. The van der Waals surface area contributed by atoms with Gasteiger partial charge in [-0.05, 0) is 13.8 Å². The fourth-order valence-corrected chi connectivity index (χ4v) is 1.65. The van der Waals surface area contributed by atoms with Gasteiger partial charge in [-0.25, -0.2) is 0 Å². The molecular weight excluding hydrogens is 232 g/mol. The fourth-order valence-electron chi connectivity index (χ4n) is 1.65. The first-order valence-corrected chi connectivity index (χ1v) is 5.36. The summed E-state index contributed by atoms with van der Waals surface area (Å²) in [6.07, 6.45) is 0.128. The Labute approximate surface area is 102 Å². The molecule has 1 amide bonds. The molecule has 1 heterocycles. The number of piperazine rings is 1. The van der Waals surface area contributed by atoms with E-state index in [0.717, 1.165) is 6.54 Å². The van der Waals surface area contributed by atoms with Crippen LogP contribution in [0.3, 0.4) is 0 Å². The van der Waals surface area contributed by atoms with Crippen molar-refractivity contribution in [2.45, 2.75) is 26.3 Å². The zero-order valence-corrected chi connectivity index (χ0v) is 10.5. The summed E-state index contributed by atoms with van der Waals surface area (Å²) in [5.41, 5.74) is 0. The molecule has 1 rings (SSSR count). The minimum atomic E-state index is -0.405. The molecule has 0 bridgehead atoms. The number of hydrogen-bond acceptors (Lipinski definition) is 4. The Morgan fingerprint density at radius 3 is 2.81 bits per heavy atom. The normalized spacial score (nSPS) is 20.2. The van der Waals surface area contributed by atoms with Crippen molar-refractivity contribution in [2.75, 3.05) is 26.2 Å². The highest BCUT2D eigenvalue weighted by molar-refractivity contribution is 5.87. The number of nitrogens with one attached hydrogen (secondary N) is 1. The third-order valence-corrected chi connectivity index (χ3v) is 2.44. The Hall–Kier alpha value is -0.810. The van der Waals surface area contributed by atoms with Crippen LogP contribution >= 0.6 is 12.4 Å². The maximum atomic E-state index is 11.8. The molecular formula is C10H19ClN2O3. The number of ether oxygens (including phenoxy) is 1. The van der Waals surface area contributed by atoms with Crippen molar-refractivity contribution >= 4 is 24.3 Å². The van der Waals surface area contributed by atoms with Crippen LogP contribution in [0.15, 0.2) is 0 Å². The lowest BCUT2D eigenvalue weighted by atomic mass is 10.1. The van der Waals surface area contributed by atoms with Gasteiger partial charge in [0.2, 0.25) is 5.91 Å². The van der Waals surface area contributed by atoms with Crippen molar-refractivity contribution in [3.05, 3.63) is 0 Å². The van der Waals surface area contributed by atoms with Crippen molar-refractivity contribution < 1.29 is 14.3 Å². The van der Waals surface area contributed by atoms with Gasteiger partial charge in [-0.1, -0.05) is 0 Å². The molecule has 6 heteroatoms. The second kappa shape index (κ2) is 7.46. The lowest BCUT2D eigenvalue weighted by Gasteiger charge is -2.31. The molecule has 0 aromatic carbocycles. The van der Waals surface area contributed by atoms with Crippen LogP contribution in [0.1, 0.15) is 20.3 Å². The van der Waals surface area contributed by atoms with Gasteiger partial charge < -0.3 is 15.0 Å². The molecule has 1 atom stereocenters. The highest BCUT2D eigenvalue weighted by Crippen LogP contribution is 2.05. The molecule has 1 aliphatic heterocycles. The maximum Gasteiger partial charge on any atom is 0.307 e. The number of halogens is 1. The summed E-state index contributed by atoms with van der Waals surface area (Å²) in [6.45, 7) is 6.20. The number of nitrogens with zero attached hydrogens (tertiary/aromatic N) is 1. The number of rotatable bonds is 4. The highest BCUT2D eigenvalue weighted by atomic mass is 35.5. The monoisotopic (exact) mass is 250 g/mol. The van der Waals surface area contributed by atoms with Crippen LogP contribution in [0.4, 0.5) is 0 Å². The zero-order chi connectivity index (χ0) is 11.3. The fraction of sp³-hybridized carbons (Fsp3) is 0.800. The van der Waals surface area contributed by atoms with E-state index in [1.54, 1.807) is 11.8 Å². The van der Waals surface area contributed by atoms with E-state index in [2.05, 4.69) is 5.32 Å². The van der Waals surface area contributed by atoms with Gasteiger partial charge in [-0.3, -0.25) is 9.59 Å². The molecule has 16 heavy (non-hydrogen) atoms. The van der Waals surface area contributed by atoms with Crippen LogP contribution in [-0.4, -0.2) is 49.1 Å². The molecule has 0 aromatic rings. The molecule has 94 valence electrons. The average Bonchev–Trinajstić information content (AvgIpc) is 2.21. The number of amides is 1. The predicted octanol–water partition coefficient (Wildman–Crippen LogP) is 0.182. The molecule has 5 nitrogen and oxygen atoms in total. The van der Waals surface area contributed by atoms with Crippen molar-refractivity contribution in [3.63, 3.8) is 0 Å². The first-order valence-electron chi connectivity index (χ1n) is 5.36. The minimum absolute atomic E-state index is 0. The highest BCUT2D eigenvalue weighted by Gasteiger charge is 2.29. The van der Waals surface area contributed by atoms with Crippen LogP contribution in [0.2, 0.25) is 0 Å². The van der Waals surface area contributed by atoms with E-state index in [0.29, 0.717) is 19.7 Å². The smallest absolute Gasteiger partial charge is 0.307 e. The van der Waals surface area contributed by atoms with Gasteiger partial charge in [0.25, 0.3) is 0 Å². The van der Waals surface area contributed by atoms with E-state index in [4.69, 9.17) is 4.74 Å². The van der Waals surface area contributed by atoms with E-state index in [1.165, 1.54) is 0 Å². The van der Waals surface area contributed by atoms with Crippen molar-refractivity contribution in [2.24, 2.45) is 0 Å². The summed E-state index contributed by atoms with van der Waals surface area (Å²) in [5.74, 6) is -0.321. The third-order valence-electron chi connectivity index (χ3n) is 2.44. The Bertz CT molecular complexity index is 248. The molecule has 1 saturated heterocycles. The van der Waals surface area contributed by atoms with E-state index in [1.807, 2.05) is 6.92 Å². The van der Waals surface area contributed by atoms with Crippen molar-refractivity contribution in [1.82, 2.24) is 10.2 Å². The van der Waals surface area contributed by atoms with Crippen LogP contribution in [-0.2, 0) is 14.3 Å². The topological polar surface area (TPSA) is 58.6 Å². The molecule has 1 unspecified atom stereocenters. The number of hydrogen-bond donors (Lipinski definition) is 1. The van der Waals surface area contributed by atoms with Gasteiger partial charge >= 0.3 is 5.97 Å². The Kier molecular flexibility index (Phi) is 7.08. The van der Waals surface area contributed by atoms with Gasteiger partial charge in [0, 0.05) is 19.6 Å². The largest absolute Gasteiger partial charge is 0.466 e. The summed E-state index contributed by atoms with van der Waals surface area (Å²) < 4.78 is 4.81. The van der Waals surface area contributed by atoms with Gasteiger partial charge in [0.05, 0.1) is 19.1 Å². The lowest BCUT2D eigenvalue weighted by Crippen LogP contribution is -2.55. The quantitative estimate of drug-likeness (QED) is 0.724. The zero-order valence-electron chi connectivity index (χ0n) is 9.69. The summed E-state index contributed by atoms with van der Waals surface area (Å²) in [6, 6.07) is -0.405. The van der Waals surface area contributed by atoms with Crippen LogP contribution in [0.5, 0.6) is 0 Å². The van der Waals surface area contributed by atoms with Gasteiger partial charge in [-0.2, -0.15) is 0 Å². The molecule has 1 N–H and O–H groups in total. The summed E-state index contributed by atoms with van der Waals surface area (Å²) in [7, 11) is 0. The second-order valence-electron chi connectivity index (χ2n) is 3.43.